The highest BCUT2D eigenvalue weighted by Crippen LogP contribution is 2.11. The van der Waals surface area contributed by atoms with Crippen LogP contribution >= 0.6 is 0 Å². The molecule has 0 aromatic carbocycles. The predicted molar refractivity (Wildman–Crippen MR) is 45.1 cm³/mol. The Morgan fingerprint density at radius 2 is 1.82 bits per heavy atom. The summed E-state index contributed by atoms with van der Waals surface area (Å²) in [5, 5.41) is 9.48. The summed E-state index contributed by atoms with van der Waals surface area (Å²) < 4.78 is 0.810. The van der Waals surface area contributed by atoms with Crippen molar-refractivity contribution >= 4 is 0 Å². The highest BCUT2D eigenvalue weighted by atomic mass is 16.3. The zero-order valence-corrected chi connectivity index (χ0v) is 7.75. The highest BCUT2D eigenvalue weighted by Gasteiger charge is 2.31. The number of hydrogen-bond donors (Lipinski definition) is 1. The van der Waals surface area contributed by atoms with Crippen LogP contribution in [0, 0.1) is 0 Å². The Labute approximate surface area is 68.8 Å². The lowest BCUT2D eigenvalue weighted by Crippen LogP contribution is -2.60. The Hall–Kier alpha value is -0.120. The van der Waals surface area contributed by atoms with Crippen molar-refractivity contribution in [1.29, 1.82) is 0 Å². The quantitative estimate of drug-likeness (QED) is 0.532. The van der Waals surface area contributed by atoms with E-state index < -0.39 is 0 Å². The molecule has 11 heavy (non-hydrogen) atoms. The van der Waals surface area contributed by atoms with Crippen LogP contribution in [0.1, 0.15) is 6.92 Å². The van der Waals surface area contributed by atoms with Crippen LogP contribution in [0.25, 0.3) is 0 Å². The van der Waals surface area contributed by atoms with Crippen LogP contribution in [0.3, 0.4) is 0 Å². The molecular weight excluding hydrogens is 140 g/mol. The molecule has 1 rings (SSSR count). The summed E-state index contributed by atoms with van der Waals surface area (Å²) in [6.45, 7) is 6.20. The summed E-state index contributed by atoms with van der Waals surface area (Å²) in [5.74, 6) is 0. The first-order valence-corrected chi connectivity index (χ1v) is 4.25. The van der Waals surface area contributed by atoms with Crippen molar-refractivity contribution in [3.8, 4) is 0 Å². The summed E-state index contributed by atoms with van der Waals surface area (Å²) in [6.07, 6.45) is -0.219. The summed E-state index contributed by atoms with van der Waals surface area (Å²) in [6, 6.07) is 0. The number of quaternary nitrogens is 1. The van der Waals surface area contributed by atoms with E-state index in [1.165, 1.54) is 0 Å². The molecule has 0 saturated carbocycles. The normalized spacial score (nSPS) is 28.4. The van der Waals surface area contributed by atoms with Crippen LogP contribution in [0.2, 0.25) is 0 Å². The van der Waals surface area contributed by atoms with E-state index in [4.69, 9.17) is 0 Å². The Balaban J connectivity index is 2.48. The van der Waals surface area contributed by atoms with Gasteiger partial charge in [-0.05, 0) is 7.05 Å². The van der Waals surface area contributed by atoms with Gasteiger partial charge < -0.3 is 5.11 Å². The Bertz CT molecular complexity index is 128. The third-order valence-electron chi connectivity index (χ3n) is 2.89. The topological polar surface area (TPSA) is 23.5 Å². The molecule has 0 bridgehead atoms. The van der Waals surface area contributed by atoms with Crippen molar-refractivity contribution in [3.63, 3.8) is 0 Å². The average Bonchev–Trinajstić information content (AvgIpc) is 1.95. The third kappa shape index (κ3) is 1.92. The van der Waals surface area contributed by atoms with Gasteiger partial charge in [-0.1, -0.05) is 0 Å². The minimum absolute atomic E-state index is 0.219. The molecule has 1 N–H and O–H groups in total. The zero-order chi connectivity index (χ0) is 8.48. The minimum Gasteiger partial charge on any atom is -0.345 e. The second-order valence-corrected chi connectivity index (χ2v) is 3.86. The van der Waals surface area contributed by atoms with Crippen LogP contribution in [-0.2, 0) is 0 Å². The van der Waals surface area contributed by atoms with Crippen LogP contribution in [0.15, 0.2) is 0 Å². The largest absolute Gasteiger partial charge is 0.345 e. The van der Waals surface area contributed by atoms with E-state index in [0.717, 1.165) is 30.7 Å². The number of rotatable bonds is 1. The number of nitrogens with zero attached hydrogens (tertiary/aromatic N) is 2. The molecule has 1 heterocycles. The van der Waals surface area contributed by atoms with E-state index in [1.54, 1.807) is 0 Å². The molecule has 1 aliphatic rings. The van der Waals surface area contributed by atoms with Crippen LogP contribution < -0.4 is 0 Å². The smallest absolute Gasteiger partial charge is 0.187 e. The molecule has 0 spiro atoms. The standard InChI is InChI=1S/C8H19N2O/c1-8(11)10(3)6-4-9(2)5-7-10/h8,11H,4-7H2,1-3H3/q+1/t8-/m0/s1. The van der Waals surface area contributed by atoms with Crippen molar-refractivity contribution < 1.29 is 9.59 Å². The number of aliphatic hydroxyl groups excluding tert-OH is 1. The SMILES string of the molecule is C[C@H](O)[N+]1(C)CCN(C)CC1. The van der Waals surface area contributed by atoms with Gasteiger partial charge in [0.2, 0.25) is 0 Å². The fraction of sp³-hybridized carbons (Fsp3) is 1.00. The number of aliphatic hydroxyl groups is 1. The van der Waals surface area contributed by atoms with E-state index in [9.17, 15) is 5.11 Å². The molecule has 1 aliphatic heterocycles. The second-order valence-electron chi connectivity index (χ2n) is 3.86. The minimum atomic E-state index is -0.219. The van der Waals surface area contributed by atoms with Crippen LogP contribution in [0.5, 0.6) is 0 Å². The molecular formula is C8H19N2O+. The Kier molecular flexibility index (Phi) is 2.52. The van der Waals surface area contributed by atoms with Gasteiger partial charge in [-0.3, -0.25) is 9.38 Å². The molecule has 66 valence electrons. The fourth-order valence-electron chi connectivity index (χ4n) is 1.40. The van der Waals surface area contributed by atoms with Gasteiger partial charge in [-0.15, -0.1) is 0 Å². The van der Waals surface area contributed by atoms with Gasteiger partial charge in [-0.25, -0.2) is 0 Å². The maximum Gasteiger partial charge on any atom is 0.187 e. The highest BCUT2D eigenvalue weighted by molar-refractivity contribution is 4.58. The molecule has 1 fully saturated rings. The van der Waals surface area contributed by atoms with Crippen molar-refractivity contribution in [2.75, 3.05) is 40.3 Å². The van der Waals surface area contributed by atoms with Crippen molar-refractivity contribution in [2.24, 2.45) is 0 Å². The molecule has 3 nitrogen and oxygen atoms in total. The number of hydrogen-bond acceptors (Lipinski definition) is 2. The lowest BCUT2D eigenvalue weighted by Gasteiger charge is -2.42. The van der Waals surface area contributed by atoms with E-state index in [-0.39, 0.29) is 6.23 Å². The van der Waals surface area contributed by atoms with Crippen LogP contribution in [0.4, 0.5) is 0 Å². The summed E-state index contributed by atoms with van der Waals surface area (Å²) in [5.41, 5.74) is 0. The third-order valence-corrected chi connectivity index (χ3v) is 2.89. The summed E-state index contributed by atoms with van der Waals surface area (Å²) >= 11 is 0. The number of piperazine rings is 1. The van der Waals surface area contributed by atoms with Crippen LogP contribution in [-0.4, -0.2) is 61.0 Å². The van der Waals surface area contributed by atoms with Crippen molar-refractivity contribution in [3.05, 3.63) is 0 Å². The van der Waals surface area contributed by atoms with E-state index in [0.29, 0.717) is 0 Å². The van der Waals surface area contributed by atoms with Gasteiger partial charge in [-0.2, -0.15) is 0 Å². The predicted octanol–water partition coefficient (Wildman–Crippen LogP) is -0.283. The Morgan fingerprint density at radius 3 is 2.18 bits per heavy atom. The maximum absolute atomic E-state index is 9.48. The van der Waals surface area contributed by atoms with E-state index in [1.807, 2.05) is 6.92 Å². The lowest BCUT2D eigenvalue weighted by molar-refractivity contribution is -0.955. The monoisotopic (exact) mass is 159 g/mol. The van der Waals surface area contributed by atoms with Gasteiger partial charge >= 0.3 is 0 Å². The van der Waals surface area contributed by atoms with Gasteiger partial charge in [0.1, 0.15) is 0 Å². The lowest BCUT2D eigenvalue weighted by atomic mass is 10.2. The first-order chi connectivity index (χ1) is 5.04. The first-order valence-electron chi connectivity index (χ1n) is 4.25. The van der Waals surface area contributed by atoms with Crippen molar-refractivity contribution in [2.45, 2.75) is 13.2 Å². The maximum atomic E-state index is 9.48. The van der Waals surface area contributed by atoms with E-state index >= 15 is 0 Å². The molecule has 1 saturated heterocycles. The molecule has 0 aromatic heterocycles. The van der Waals surface area contributed by atoms with Gasteiger partial charge in [0.15, 0.2) is 6.23 Å². The zero-order valence-electron chi connectivity index (χ0n) is 7.75. The van der Waals surface area contributed by atoms with Gasteiger partial charge in [0.05, 0.1) is 20.1 Å². The number of likely N-dealkylation sites (N-methyl/N-ethyl adjacent to an activating group) is 2. The van der Waals surface area contributed by atoms with Gasteiger partial charge in [0.25, 0.3) is 0 Å². The average molecular weight is 159 g/mol. The van der Waals surface area contributed by atoms with E-state index in [2.05, 4.69) is 19.0 Å². The first kappa shape index (κ1) is 8.97. The summed E-state index contributed by atoms with van der Waals surface area (Å²) in [4.78, 5) is 2.31. The fourth-order valence-corrected chi connectivity index (χ4v) is 1.40. The second kappa shape index (κ2) is 3.09. The molecule has 1 atom stereocenters. The molecule has 0 radical (unpaired) electrons. The molecule has 0 aromatic rings. The van der Waals surface area contributed by atoms with Crippen molar-refractivity contribution in [1.82, 2.24) is 4.90 Å². The molecule has 0 amide bonds. The molecule has 0 unspecified atom stereocenters. The molecule has 0 aliphatic carbocycles. The molecule has 3 heteroatoms. The van der Waals surface area contributed by atoms with Gasteiger partial charge in [0, 0.05) is 20.0 Å². The Morgan fingerprint density at radius 1 is 1.36 bits per heavy atom. The summed E-state index contributed by atoms with van der Waals surface area (Å²) in [7, 11) is 4.25.